The third-order valence-electron chi connectivity index (χ3n) is 3.48. The van der Waals surface area contributed by atoms with E-state index in [9.17, 15) is 5.11 Å². The van der Waals surface area contributed by atoms with E-state index >= 15 is 0 Å². The van der Waals surface area contributed by atoms with E-state index in [4.69, 9.17) is 11.6 Å². The number of halogens is 1. The average Bonchev–Trinajstić information content (AvgIpc) is 2.40. The quantitative estimate of drug-likeness (QED) is 0.833. The van der Waals surface area contributed by atoms with E-state index in [2.05, 4.69) is 16.8 Å². The maximum atomic E-state index is 10.1. The molecule has 1 aliphatic heterocycles. The van der Waals surface area contributed by atoms with Crippen molar-refractivity contribution in [2.24, 2.45) is 0 Å². The summed E-state index contributed by atoms with van der Waals surface area (Å²) < 4.78 is 0. The van der Waals surface area contributed by atoms with Gasteiger partial charge < -0.3 is 10.4 Å². The number of hydrogen-bond acceptors (Lipinski definition) is 3. The lowest BCUT2D eigenvalue weighted by Gasteiger charge is -2.35. The van der Waals surface area contributed by atoms with Gasteiger partial charge in [-0.05, 0) is 31.5 Å². The molecule has 19 heavy (non-hydrogen) atoms. The van der Waals surface area contributed by atoms with Gasteiger partial charge in [0.1, 0.15) is 5.75 Å². The Morgan fingerprint density at radius 1 is 1.47 bits per heavy atom. The van der Waals surface area contributed by atoms with Gasteiger partial charge in [-0.1, -0.05) is 17.2 Å². The van der Waals surface area contributed by atoms with Crippen LogP contribution in [0.3, 0.4) is 0 Å². The van der Waals surface area contributed by atoms with Crippen molar-refractivity contribution in [3.8, 4) is 5.75 Å². The predicted octanol–water partition coefficient (Wildman–Crippen LogP) is 2.96. The lowest BCUT2D eigenvalue weighted by atomic mass is 9.97. The molecule has 1 aliphatic rings. The Bertz CT molecular complexity index is 455. The Balaban J connectivity index is 2.29. The van der Waals surface area contributed by atoms with Crippen molar-refractivity contribution in [3.05, 3.63) is 40.9 Å². The SMILES string of the molecule is C=C(C)C[C@@H](c1cc(Cl)ccc1O)N1CCNCC1. The second-order valence-corrected chi connectivity index (χ2v) is 5.60. The molecule has 0 spiro atoms. The maximum Gasteiger partial charge on any atom is 0.120 e. The van der Waals surface area contributed by atoms with Crippen LogP contribution in [-0.4, -0.2) is 36.2 Å². The van der Waals surface area contributed by atoms with Crippen LogP contribution in [-0.2, 0) is 0 Å². The van der Waals surface area contributed by atoms with Crippen LogP contribution in [0.5, 0.6) is 5.75 Å². The summed E-state index contributed by atoms with van der Waals surface area (Å²) in [5.74, 6) is 0.314. The standard InChI is InChI=1S/C15H21ClN2O/c1-11(2)9-14(18-7-5-17-6-8-18)13-10-12(16)3-4-15(13)19/h3-4,10,14,17,19H,1,5-9H2,2H3/t14-/m0/s1. The summed E-state index contributed by atoms with van der Waals surface area (Å²) in [6, 6.07) is 5.41. The second kappa shape index (κ2) is 6.42. The molecule has 0 amide bonds. The molecule has 0 unspecified atom stereocenters. The first-order valence-corrected chi connectivity index (χ1v) is 7.03. The highest BCUT2D eigenvalue weighted by molar-refractivity contribution is 6.30. The molecule has 3 nitrogen and oxygen atoms in total. The first-order valence-electron chi connectivity index (χ1n) is 6.65. The van der Waals surface area contributed by atoms with Crippen LogP contribution in [0.4, 0.5) is 0 Å². The number of nitrogens with zero attached hydrogens (tertiary/aromatic N) is 1. The second-order valence-electron chi connectivity index (χ2n) is 5.17. The van der Waals surface area contributed by atoms with E-state index in [1.165, 1.54) is 0 Å². The fourth-order valence-electron chi connectivity index (χ4n) is 2.55. The molecule has 2 rings (SSSR count). The monoisotopic (exact) mass is 280 g/mol. The van der Waals surface area contributed by atoms with Crippen LogP contribution < -0.4 is 5.32 Å². The van der Waals surface area contributed by atoms with Gasteiger partial charge in [0.25, 0.3) is 0 Å². The van der Waals surface area contributed by atoms with Crippen molar-refractivity contribution in [2.75, 3.05) is 26.2 Å². The Labute approximate surface area is 119 Å². The number of aromatic hydroxyl groups is 1. The highest BCUT2D eigenvalue weighted by Crippen LogP contribution is 2.34. The van der Waals surface area contributed by atoms with Crippen molar-refractivity contribution >= 4 is 11.6 Å². The van der Waals surface area contributed by atoms with Gasteiger partial charge in [0.15, 0.2) is 0 Å². The number of phenolic OH excluding ortho intramolecular Hbond substituents is 1. The van der Waals surface area contributed by atoms with E-state index in [0.717, 1.165) is 43.7 Å². The lowest BCUT2D eigenvalue weighted by Crippen LogP contribution is -2.45. The zero-order chi connectivity index (χ0) is 13.8. The van der Waals surface area contributed by atoms with Gasteiger partial charge >= 0.3 is 0 Å². The minimum Gasteiger partial charge on any atom is -0.508 e. The fraction of sp³-hybridized carbons (Fsp3) is 0.467. The molecule has 0 aromatic heterocycles. The molecule has 0 bridgehead atoms. The largest absolute Gasteiger partial charge is 0.508 e. The van der Waals surface area contributed by atoms with E-state index in [0.29, 0.717) is 10.8 Å². The number of nitrogens with one attached hydrogen (secondary N) is 1. The third-order valence-corrected chi connectivity index (χ3v) is 3.72. The molecule has 1 aromatic rings. The Morgan fingerprint density at radius 2 is 2.16 bits per heavy atom. The van der Waals surface area contributed by atoms with E-state index < -0.39 is 0 Å². The van der Waals surface area contributed by atoms with Crippen LogP contribution in [0.1, 0.15) is 24.9 Å². The van der Waals surface area contributed by atoms with E-state index in [1.807, 2.05) is 13.0 Å². The molecule has 4 heteroatoms. The smallest absolute Gasteiger partial charge is 0.120 e. The summed E-state index contributed by atoms with van der Waals surface area (Å²) in [5, 5.41) is 14.1. The summed E-state index contributed by atoms with van der Waals surface area (Å²) >= 11 is 6.07. The molecule has 0 saturated carbocycles. The molecule has 2 N–H and O–H groups in total. The number of phenols is 1. The molecule has 1 aromatic carbocycles. The Morgan fingerprint density at radius 3 is 2.79 bits per heavy atom. The first kappa shape index (κ1) is 14.4. The number of rotatable bonds is 4. The molecule has 104 valence electrons. The van der Waals surface area contributed by atoms with Crippen molar-refractivity contribution in [2.45, 2.75) is 19.4 Å². The fourth-order valence-corrected chi connectivity index (χ4v) is 2.73. The van der Waals surface area contributed by atoms with Crippen LogP contribution in [0, 0.1) is 0 Å². The van der Waals surface area contributed by atoms with Crippen molar-refractivity contribution < 1.29 is 5.11 Å². The van der Waals surface area contributed by atoms with Crippen molar-refractivity contribution in [1.29, 1.82) is 0 Å². The molecular formula is C15H21ClN2O. The maximum absolute atomic E-state index is 10.1. The molecular weight excluding hydrogens is 260 g/mol. The van der Waals surface area contributed by atoms with Crippen molar-refractivity contribution in [1.82, 2.24) is 10.2 Å². The molecule has 1 saturated heterocycles. The lowest BCUT2D eigenvalue weighted by molar-refractivity contribution is 0.170. The van der Waals surface area contributed by atoms with Gasteiger partial charge in [0.05, 0.1) is 0 Å². The molecule has 1 fully saturated rings. The van der Waals surface area contributed by atoms with Crippen LogP contribution in [0.25, 0.3) is 0 Å². The zero-order valence-corrected chi connectivity index (χ0v) is 12.1. The summed E-state index contributed by atoms with van der Waals surface area (Å²) in [4.78, 5) is 2.39. The molecule has 0 radical (unpaired) electrons. The minimum atomic E-state index is 0.151. The molecule has 1 heterocycles. The van der Waals surface area contributed by atoms with Gasteiger partial charge in [-0.3, -0.25) is 4.90 Å². The number of piperazine rings is 1. The Kier molecular flexibility index (Phi) is 4.86. The summed E-state index contributed by atoms with van der Waals surface area (Å²) in [7, 11) is 0. The zero-order valence-electron chi connectivity index (χ0n) is 11.3. The van der Waals surface area contributed by atoms with Gasteiger partial charge in [0.2, 0.25) is 0 Å². The summed E-state index contributed by atoms with van der Waals surface area (Å²) in [5.41, 5.74) is 2.01. The van der Waals surface area contributed by atoms with Crippen LogP contribution in [0.2, 0.25) is 5.02 Å². The first-order chi connectivity index (χ1) is 9.08. The highest BCUT2D eigenvalue weighted by atomic mass is 35.5. The predicted molar refractivity (Wildman–Crippen MR) is 79.7 cm³/mol. The average molecular weight is 281 g/mol. The summed E-state index contributed by atoms with van der Waals surface area (Å²) in [6.45, 7) is 9.95. The highest BCUT2D eigenvalue weighted by Gasteiger charge is 2.24. The topological polar surface area (TPSA) is 35.5 Å². The van der Waals surface area contributed by atoms with Gasteiger partial charge in [-0.15, -0.1) is 6.58 Å². The van der Waals surface area contributed by atoms with Gasteiger partial charge in [-0.2, -0.15) is 0 Å². The normalized spacial score (nSPS) is 18.2. The van der Waals surface area contributed by atoms with Gasteiger partial charge in [-0.25, -0.2) is 0 Å². The van der Waals surface area contributed by atoms with Crippen molar-refractivity contribution in [3.63, 3.8) is 0 Å². The number of hydrogen-bond donors (Lipinski definition) is 2. The number of benzene rings is 1. The minimum absolute atomic E-state index is 0.151. The van der Waals surface area contributed by atoms with Crippen LogP contribution in [0.15, 0.2) is 30.4 Å². The van der Waals surface area contributed by atoms with E-state index in [1.54, 1.807) is 12.1 Å². The third kappa shape index (κ3) is 3.72. The molecule has 0 aliphatic carbocycles. The van der Waals surface area contributed by atoms with Crippen LogP contribution >= 0.6 is 11.6 Å². The molecule has 1 atom stereocenters. The van der Waals surface area contributed by atoms with Gasteiger partial charge in [0, 0.05) is 42.8 Å². The summed E-state index contributed by atoms with van der Waals surface area (Å²) in [6.07, 6.45) is 0.841. The Hall–Kier alpha value is -1.03. The van der Waals surface area contributed by atoms with E-state index in [-0.39, 0.29) is 6.04 Å².